The van der Waals surface area contributed by atoms with Crippen molar-refractivity contribution in [2.75, 3.05) is 11.9 Å². The third-order valence-corrected chi connectivity index (χ3v) is 5.65. The van der Waals surface area contributed by atoms with E-state index in [0.717, 1.165) is 4.88 Å². The van der Waals surface area contributed by atoms with E-state index in [9.17, 15) is 8.78 Å². The summed E-state index contributed by atoms with van der Waals surface area (Å²) in [6.07, 6.45) is 4.23. The molecule has 0 amide bonds. The van der Waals surface area contributed by atoms with Crippen LogP contribution in [0.1, 0.15) is 23.4 Å². The molecule has 0 atom stereocenters. The predicted octanol–water partition coefficient (Wildman–Crippen LogP) is 2.47. The molecule has 1 saturated carbocycles. The molecule has 27 heavy (non-hydrogen) atoms. The number of aromatic nitrogens is 5. The second-order valence-corrected chi connectivity index (χ2v) is 7.59. The molecule has 4 rings (SSSR count). The maximum absolute atomic E-state index is 14.2. The fourth-order valence-electron chi connectivity index (χ4n) is 3.21. The Morgan fingerprint density at radius 2 is 2.07 bits per heavy atom. The highest BCUT2D eigenvalue weighted by atomic mass is 32.1. The molecule has 140 valence electrons. The Labute approximate surface area is 158 Å². The molecule has 1 aliphatic rings. The van der Waals surface area contributed by atoms with Crippen molar-refractivity contribution in [3.63, 3.8) is 0 Å². The number of nitrogens with one attached hydrogen (secondary N) is 1. The number of halogens is 2. The molecule has 0 bridgehead atoms. The van der Waals surface area contributed by atoms with Gasteiger partial charge in [-0.05, 0) is 25.0 Å². The van der Waals surface area contributed by atoms with Gasteiger partial charge in [-0.2, -0.15) is 0 Å². The summed E-state index contributed by atoms with van der Waals surface area (Å²) in [6, 6.07) is 2.86. The lowest BCUT2D eigenvalue weighted by Crippen LogP contribution is -2.49. The van der Waals surface area contributed by atoms with Gasteiger partial charge in [0.1, 0.15) is 22.7 Å². The fraction of sp³-hybridized carbons (Fsp3) is 0.353. The largest absolute Gasteiger partial charge is 0.352 e. The van der Waals surface area contributed by atoms with Gasteiger partial charge in [0.2, 0.25) is 5.95 Å². The van der Waals surface area contributed by atoms with Crippen LogP contribution in [0.4, 0.5) is 14.7 Å². The minimum atomic E-state index is -0.962. The highest BCUT2D eigenvalue weighted by molar-refractivity contribution is 7.14. The van der Waals surface area contributed by atoms with Crippen molar-refractivity contribution < 1.29 is 8.78 Å². The number of hydrogen-bond acceptors (Lipinski definition) is 8. The minimum Gasteiger partial charge on any atom is -0.352 e. The van der Waals surface area contributed by atoms with Crippen molar-refractivity contribution in [3.05, 3.63) is 47.1 Å². The maximum Gasteiger partial charge on any atom is 0.242 e. The van der Waals surface area contributed by atoms with Crippen LogP contribution in [0.3, 0.4) is 0 Å². The normalized spacial score (nSPS) is 21.7. The first kappa shape index (κ1) is 17.8. The lowest BCUT2D eigenvalue weighted by atomic mass is 9.65. The minimum absolute atomic E-state index is 0.209. The van der Waals surface area contributed by atoms with Gasteiger partial charge < -0.3 is 11.1 Å². The second kappa shape index (κ2) is 7.20. The van der Waals surface area contributed by atoms with Crippen molar-refractivity contribution in [1.29, 1.82) is 0 Å². The van der Waals surface area contributed by atoms with E-state index < -0.39 is 17.4 Å². The Morgan fingerprint density at radius 1 is 1.22 bits per heavy atom. The van der Waals surface area contributed by atoms with Gasteiger partial charge >= 0.3 is 0 Å². The Hall–Kier alpha value is -2.59. The van der Waals surface area contributed by atoms with Crippen LogP contribution in [0.5, 0.6) is 0 Å². The van der Waals surface area contributed by atoms with E-state index in [-0.39, 0.29) is 31.0 Å². The average molecular weight is 389 g/mol. The Kier molecular flexibility index (Phi) is 4.75. The second-order valence-electron chi connectivity index (χ2n) is 6.48. The van der Waals surface area contributed by atoms with E-state index >= 15 is 0 Å². The quantitative estimate of drug-likeness (QED) is 0.668. The summed E-state index contributed by atoms with van der Waals surface area (Å²) in [5.74, 6) is -0.146. The van der Waals surface area contributed by atoms with E-state index in [4.69, 9.17) is 5.73 Å². The fourth-order valence-corrected chi connectivity index (χ4v) is 3.95. The van der Waals surface area contributed by atoms with E-state index in [1.165, 1.54) is 29.7 Å². The van der Waals surface area contributed by atoms with Crippen molar-refractivity contribution in [1.82, 2.24) is 25.1 Å². The molecule has 0 saturated heterocycles. The number of alkyl halides is 1. The SMILES string of the molecule is NCc1cnc(-c2cnc(NC[C@]3(c4ncccc4F)C[C@@H](F)C3)nn2)s1. The molecule has 0 aliphatic heterocycles. The van der Waals surface area contributed by atoms with Gasteiger partial charge in [0, 0.05) is 35.8 Å². The zero-order valence-corrected chi connectivity index (χ0v) is 15.1. The van der Waals surface area contributed by atoms with Crippen molar-refractivity contribution in [2.45, 2.75) is 31.0 Å². The maximum atomic E-state index is 14.2. The van der Waals surface area contributed by atoms with Gasteiger partial charge in [0.15, 0.2) is 0 Å². The van der Waals surface area contributed by atoms with E-state index in [0.29, 0.717) is 17.2 Å². The van der Waals surface area contributed by atoms with Crippen LogP contribution in [0.15, 0.2) is 30.7 Å². The van der Waals surface area contributed by atoms with Crippen LogP contribution in [-0.2, 0) is 12.0 Å². The smallest absolute Gasteiger partial charge is 0.242 e. The summed E-state index contributed by atoms with van der Waals surface area (Å²) in [7, 11) is 0. The molecule has 10 heteroatoms. The van der Waals surface area contributed by atoms with Crippen molar-refractivity contribution in [2.24, 2.45) is 5.73 Å². The Balaban J connectivity index is 1.48. The van der Waals surface area contributed by atoms with Crippen LogP contribution in [-0.4, -0.2) is 37.9 Å². The van der Waals surface area contributed by atoms with Crippen LogP contribution in [0, 0.1) is 5.82 Å². The standard InChI is InChI=1S/C17H17F2N7S/c18-10-4-17(5-10,14-12(19)2-1-3-21-14)9-24-16-23-8-13(25-26-16)15-22-7-11(6-20)27-15/h1-3,7-8,10H,4-6,9,20H2,(H,23,24,26)/t10-,17+. The number of anilines is 1. The number of pyridine rings is 1. The number of nitrogens with two attached hydrogens (primary N) is 1. The third kappa shape index (κ3) is 3.50. The highest BCUT2D eigenvalue weighted by Gasteiger charge is 2.48. The van der Waals surface area contributed by atoms with Crippen LogP contribution >= 0.6 is 11.3 Å². The first-order valence-corrected chi connectivity index (χ1v) is 9.25. The average Bonchev–Trinajstić information content (AvgIpc) is 3.14. The summed E-state index contributed by atoms with van der Waals surface area (Å²) in [5.41, 5.74) is 5.69. The Morgan fingerprint density at radius 3 is 2.70 bits per heavy atom. The summed E-state index contributed by atoms with van der Waals surface area (Å²) >= 11 is 1.43. The molecule has 1 fully saturated rings. The van der Waals surface area contributed by atoms with Gasteiger partial charge in [0.05, 0.1) is 11.9 Å². The highest BCUT2D eigenvalue weighted by Crippen LogP contribution is 2.45. The molecular weight excluding hydrogens is 372 g/mol. The zero-order chi connectivity index (χ0) is 18.9. The molecule has 0 unspecified atom stereocenters. The van der Waals surface area contributed by atoms with E-state index in [2.05, 4.69) is 30.5 Å². The van der Waals surface area contributed by atoms with Gasteiger partial charge in [-0.3, -0.25) is 4.98 Å². The lowest BCUT2D eigenvalue weighted by molar-refractivity contribution is 0.0963. The molecule has 1 aliphatic carbocycles. The molecule has 7 nitrogen and oxygen atoms in total. The predicted molar refractivity (Wildman–Crippen MR) is 97.3 cm³/mol. The number of hydrogen-bond donors (Lipinski definition) is 2. The monoisotopic (exact) mass is 389 g/mol. The van der Waals surface area contributed by atoms with E-state index in [1.54, 1.807) is 12.4 Å². The van der Waals surface area contributed by atoms with E-state index in [1.807, 2.05) is 0 Å². The van der Waals surface area contributed by atoms with Crippen LogP contribution < -0.4 is 11.1 Å². The molecular formula is C17H17F2N7S. The summed E-state index contributed by atoms with van der Waals surface area (Å²) in [4.78, 5) is 13.5. The molecule has 0 spiro atoms. The first-order chi connectivity index (χ1) is 13.1. The lowest BCUT2D eigenvalue weighted by Gasteiger charge is -2.43. The van der Waals surface area contributed by atoms with Crippen molar-refractivity contribution >= 4 is 17.3 Å². The Bertz CT molecular complexity index is 925. The van der Waals surface area contributed by atoms with Crippen LogP contribution in [0.2, 0.25) is 0 Å². The third-order valence-electron chi connectivity index (χ3n) is 4.61. The molecule has 3 heterocycles. The summed E-state index contributed by atoms with van der Waals surface area (Å²) in [5, 5.41) is 11.9. The first-order valence-electron chi connectivity index (χ1n) is 8.43. The molecule has 3 aromatic heterocycles. The van der Waals surface area contributed by atoms with Gasteiger partial charge in [-0.25, -0.2) is 18.7 Å². The molecule has 3 N–H and O–H groups in total. The zero-order valence-electron chi connectivity index (χ0n) is 14.3. The number of rotatable bonds is 6. The summed E-state index contributed by atoms with van der Waals surface area (Å²) in [6.45, 7) is 0.691. The van der Waals surface area contributed by atoms with Crippen molar-refractivity contribution in [3.8, 4) is 10.7 Å². The topological polar surface area (TPSA) is 102 Å². The number of nitrogens with zero attached hydrogens (tertiary/aromatic N) is 5. The number of thiazole rings is 1. The van der Waals surface area contributed by atoms with Gasteiger partial charge in [0.25, 0.3) is 0 Å². The molecule has 0 radical (unpaired) electrons. The van der Waals surface area contributed by atoms with Gasteiger partial charge in [-0.1, -0.05) is 0 Å². The molecule has 0 aromatic carbocycles. The molecule has 3 aromatic rings. The summed E-state index contributed by atoms with van der Waals surface area (Å²) < 4.78 is 27.8. The van der Waals surface area contributed by atoms with Gasteiger partial charge in [-0.15, -0.1) is 21.5 Å². The van der Waals surface area contributed by atoms with Crippen LogP contribution in [0.25, 0.3) is 10.7 Å².